The predicted octanol–water partition coefficient (Wildman–Crippen LogP) is 4.38. The van der Waals surface area contributed by atoms with Crippen LogP contribution in [0.3, 0.4) is 0 Å². The first-order valence-electron chi connectivity index (χ1n) is 9.10. The summed E-state index contributed by atoms with van der Waals surface area (Å²) in [6.07, 6.45) is 0.569. The van der Waals surface area contributed by atoms with Gasteiger partial charge in [0, 0.05) is 43.3 Å². The minimum atomic E-state index is -0.269. The number of hydrogen-bond acceptors (Lipinski definition) is 3. The second-order valence-corrected chi connectivity index (χ2v) is 7.48. The molecule has 0 unspecified atom stereocenters. The van der Waals surface area contributed by atoms with Gasteiger partial charge < -0.3 is 10.1 Å². The zero-order valence-corrected chi connectivity index (χ0v) is 16.1. The van der Waals surface area contributed by atoms with Crippen LogP contribution in [0.5, 0.6) is 0 Å². The van der Waals surface area contributed by atoms with Gasteiger partial charge in [0.25, 0.3) is 0 Å². The Balaban J connectivity index is 1.50. The normalized spacial score (nSPS) is 21.1. The van der Waals surface area contributed by atoms with E-state index in [-0.39, 0.29) is 18.0 Å². The Labute approximate surface area is 160 Å². The van der Waals surface area contributed by atoms with Crippen LogP contribution in [0.2, 0.25) is 5.02 Å². The fourth-order valence-corrected chi connectivity index (χ4v) is 3.70. The Bertz CT molecular complexity index is 692. The molecule has 1 N–H and O–H groups in total. The Hall–Kier alpha value is -1.46. The van der Waals surface area contributed by atoms with Crippen LogP contribution >= 0.6 is 11.6 Å². The maximum atomic E-state index is 13.8. The number of ether oxygens (including phenoxy) is 1. The highest BCUT2D eigenvalue weighted by Gasteiger charge is 2.21. The molecular weight excluding hydrogens is 351 g/mol. The molecule has 1 fully saturated rings. The molecule has 0 spiro atoms. The molecule has 0 aromatic heterocycles. The van der Waals surface area contributed by atoms with Gasteiger partial charge in [-0.2, -0.15) is 0 Å². The highest BCUT2D eigenvalue weighted by molar-refractivity contribution is 6.31. The van der Waals surface area contributed by atoms with E-state index in [0.29, 0.717) is 23.7 Å². The molecule has 2 aromatic carbocycles. The van der Waals surface area contributed by atoms with E-state index in [1.807, 2.05) is 0 Å². The molecule has 140 valence electrons. The number of nitrogens with one attached hydrogen (secondary N) is 1. The molecular formula is C21H26ClFN2O. The Kier molecular flexibility index (Phi) is 6.65. The van der Waals surface area contributed by atoms with Gasteiger partial charge in [0.2, 0.25) is 0 Å². The number of hydrogen-bond donors (Lipinski definition) is 1. The monoisotopic (exact) mass is 376 g/mol. The number of benzene rings is 2. The van der Waals surface area contributed by atoms with Crippen molar-refractivity contribution in [1.82, 2.24) is 10.2 Å². The molecule has 1 saturated heterocycles. The second kappa shape index (κ2) is 8.96. The van der Waals surface area contributed by atoms with Crippen LogP contribution in [0.4, 0.5) is 4.39 Å². The summed E-state index contributed by atoms with van der Waals surface area (Å²) in [4.78, 5) is 2.44. The SMILES string of the molecule is C[C@@H]1CN(Cc2ccc(CNCc3c(F)cccc3Cl)cc2)C[C@H](C)O1. The summed E-state index contributed by atoms with van der Waals surface area (Å²) < 4.78 is 19.6. The highest BCUT2D eigenvalue weighted by atomic mass is 35.5. The van der Waals surface area contributed by atoms with Gasteiger partial charge in [0.15, 0.2) is 0 Å². The van der Waals surface area contributed by atoms with Crippen LogP contribution in [-0.2, 0) is 24.4 Å². The maximum absolute atomic E-state index is 13.8. The van der Waals surface area contributed by atoms with E-state index in [9.17, 15) is 4.39 Å². The minimum absolute atomic E-state index is 0.269. The summed E-state index contributed by atoms with van der Waals surface area (Å²) in [5, 5.41) is 3.72. The van der Waals surface area contributed by atoms with Crippen molar-refractivity contribution in [2.24, 2.45) is 0 Å². The van der Waals surface area contributed by atoms with Gasteiger partial charge in [-0.3, -0.25) is 4.90 Å². The zero-order chi connectivity index (χ0) is 18.5. The van der Waals surface area contributed by atoms with E-state index < -0.39 is 0 Å². The largest absolute Gasteiger partial charge is 0.373 e. The minimum Gasteiger partial charge on any atom is -0.373 e. The van der Waals surface area contributed by atoms with E-state index in [1.165, 1.54) is 17.2 Å². The third-order valence-corrected chi connectivity index (χ3v) is 4.97. The molecule has 2 aromatic rings. The Morgan fingerprint density at radius 3 is 2.35 bits per heavy atom. The van der Waals surface area contributed by atoms with Gasteiger partial charge in [-0.05, 0) is 37.1 Å². The van der Waals surface area contributed by atoms with Crippen LogP contribution in [-0.4, -0.2) is 30.2 Å². The smallest absolute Gasteiger partial charge is 0.129 e. The van der Waals surface area contributed by atoms with Crippen molar-refractivity contribution >= 4 is 11.6 Å². The third kappa shape index (κ3) is 5.27. The van der Waals surface area contributed by atoms with Crippen molar-refractivity contribution in [3.63, 3.8) is 0 Å². The van der Waals surface area contributed by atoms with E-state index in [2.05, 4.69) is 48.3 Å². The van der Waals surface area contributed by atoms with Crippen molar-refractivity contribution in [3.8, 4) is 0 Å². The molecule has 0 saturated carbocycles. The van der Waals surface area contributed by atoms with Crippen molar-refractivity contribution in [2.45, 2.75) is 45.7 Å². The van der Waals surface area contributed by atoms with E-state index >= 15 is 0 Å². The molecule has 26 heavy (non-hydrogen) atoms. The van der Waals surface area contributed by atoms with Gasteiger partial charge in [-0.1, -0.05) is 41.9 Å². The van der Waals surface area contributed by atoms with Crippen molar-refractivity contribution in [1.29, 1.82) is 0 Å². The van der Waals surface area contributed by atoms with Gasteiger partial charge in [-0.15, -0.1) is 0 Å². The van der Waals surface area contributed by atoms with E-state index in [0.717, 1.165) is 19.6 Å². The predicted molar refractivity (Wildman–Crippen MR) is 104 cm³/mol. The number of halogens is 2. The van der Waals surface area contributed by atoms with Crippen LogP contribution in [0.15, 0.2) is 42.5 Å². The highest BCUT2D eigenvalue weighted by Crippen LogP contribution is 2.19. The molecule has 0 bridgehead atoms. The average molecular weight is 377 g/mol. The maximum Gasteiger partial charge on any atom is 0.129 e. The van der Waals surface area contributed by atoms with Crippen LogP contribution < -0.4 is 5.32 Å². The summed E-state index contributed by atoms with van der Waals surface area (Å²) in [5.74, 6) is -0.269. The van der Waals surface area contributed by atoms with Gasteiger partial charge in [0.05, 0.1) is 12.2 Å². The van der Waals surface area contributed by atoms with Crippen molar-refractivity contribution in [3.05, 3.63) is 70.0 Å². The number of nitrogens with zero attached hydrogens (tertiary/aromatic N) is 1. The quantitative estimate of drug-likeness (QED) is 0.809. The average Bonchev–Trinajstić information content (AvgIpc) is 2.58. The zero-order valence-electron chi connectivity index (χ0n) is 15.3. The van der Waals surface area contributed by atoms with Crippen LogP contribution in [0.25, 0.3) is 0 Å². The molecule has 1 aliphatic rings. The molecule has 3 nitrogen and oxygen atoms in total. The number of morpholine rings is 1. The van der Waals surface area contributed by atoms with Gasteiger partial charge >= 0.3 is 0 Å². The first-order chi connectivity index (χ1) is 12.5. The topological polar surface area (TPSA) is 24.5 Å². The molecule has 2 atom stereocenters. The molecule has 0 aliphatic carbocycles. The first-order valence-corrected chi connectivity index (χ1v) is 9.48. The van der Waals surface area contributed by atoms with Crippen LogP contribution in [0, 0.1) is 5.82 Å². The lowest BCUT2D eigenvalue weighted by molar-refractivity contribution is -0.0704. The van der Waals surface area contributed by atoms with E-state index in [4.69, 9.17) is 16.3 Å². The molecule has 1 heterocycles. The second-order valence-electron chi connectivity index (χ2n) is 7.07. The van der Waals surface area contributed by atoms with Gasteiger partial charge in [0.1, 0.15) is 5.82 Å². The summed E-state index contributed by atoms with van der Waals surface area (Å²) in [7, 11) is 0. The van der Waals surface area contributed by atoms with E-state index in [1.54, 1.807) is 12.1 Å². The summed E-state index contributed by atoms with van der Waals surface area (Å²) >= 11 is 6.05. The lowest BCUT2D eigenvalue weighted by atomic mass is 10.1. The van der Waals surface area contributed by atoms with Crippen LogP contribution in [0.1, 0.15) is 30.5 Å². The molecule has 3 rings (SSSR count). The van der Waals surface area contributed by atoms with Crippen molar-refractivity contribution < 1.29 is 9.13 Å². The lowest BCUT2D eigenvalue weighted by Gasteiger charge is -2.35. The van der Waals surface area contributed by atoms with Gasteiger partial charge in [-0.25, -0.2) is 4.39 Å². The standard InChI is InChI=1S/C21H26ClFN2O/c1-15-12-25(13-16(2)26-15)14-18-8-6-17(7-9-18)10-24-11-19-20(22)4-3-5-21(19)23/h3-9,15-16,24H,10-14H2,1-2H3/t15-,16+. The summed E-state index contributed by atoms with van der Waals surface area (Å²) in [6.45, 7) is 8.22. The molecule has 0 amide bonds. The molecule has 5 heteroatoms. The first kappa shape index (κ1) is 19.3. The fraction of sp³-hybridized carbons (Fsp3) is 0.429. The number of rotatable bonds is 6. The summed E-state index contributed by atoms with van der Waals surface area (Å²) in [5.41, 5.74) is 2.98. The Morgan fingerprint density at radius 1 is 1.04 bits per heavy atom. The molecule has 1 aliphatic heterocycles. The lowest BCUT2D eigenvalue weighted by Crippen LogP contribution is -2.44. The third-order valence-electron chi connectivity index (χ3n) is 4.62. The fourth-order valence-electron chi connectivity index (χ4n) is 3.47. The summed E-state index contributed by atoms with van der Waals surface area (Å²) in [6, 6.07) is 13.3. The molecule has 0 radical (unpaired) electrons. The Morgan fingerprint density at radius 2 is 1.69 bits per heavy atom. The van der Waals surface area contributed by atoms with Crippen molar-refractivity contribution in [2.75, 3.05) is 13.1 Å².